The zero-order valence-corrected chi connectivity index (χ0v) is 15.6. The van der Waals surface area contributed by atoms with Crippen molar-refractivity contribution < 1.29 is 29.3 Å². The van der Waals surface area contributed by atoms with Gasteiger partial charge in [-0.3, -0.25) is 9.59 Å². The van der Waals surface area contributed by atoms with Gasteiger partial charge in [-0.05, 0) is 35.4 Å². The summed E-state index contributed by atoms with van der Waals surface area (Å²) >= 11 is 0. The number of carbonyl (C=O) groups is 2. The van der Waals surface area contributed by atoms with E-state index in [-0.39, 0.29) is 24.3 Å². The van der Waals surface area contributed by atoms with Crippen LogP contribution in [-0.4, -0.2) is 29.3 Å². The number of benzene rings is 2. The monoisotopic (exact) mass is 372 g/mol. The number of aromatic hydroxyl groups is 2. The fraction of sp³-hybridized carbons (Fsp3) is 0.238. The van der Waals surface area contributed by atoms with E-state index in [0.717, 1.165) is 5.56 Å². The molecule has 6 nitrogen and oxygen atoms in total. The highest BCUT2D eigenvalue weighted by molar-refractivity contribution is 5.79. The van der Waals surface area contributed by atoms with Gasteiger partial charge in [-0.2, -0.15) is 0 Å². The van der Waals surface area contributed by atoms with E-state index < -0.39 is 11.9 Å². The van der Waals surface area contributed by atoms with Gasteiger partial charge in [0.2, 0.25) is 0 Å². The lowest BCUT2D eigenvalue weighted by Gasteiger charge is -2.04. The van der Waals surface area contributed by atoms with Gasteiger partial charge in [0.15, 0.2) is 0 Å². The molecule has 144 valence electrons. The number of esters is 2. The normalized spacial score (nSPS) is 10.0. The molecule has 0 unspecified atom stereocenters. The molecule has 0 aromatic heterocycles. The molecule has 0 atom stereocenters. The molecule has 2 rings (SSSR count). The molecule has 6 heteroatoms. The van der Waals surface area contributed by atoms with Gasteiger partial charge in [-0.1, -0.05) is 38.1 Å². The highest BCUT2D eigenvalue weighted by Gasteiger charge is 2.08. The average Bonchev–Trinajstić information content (AvgIpc) is 2.66. The van der Waals surface area contributed by atoms with Crippen LogP contribution in [0.4, 0.5) is 0 Å². The maximum absolute atomic E-state index is 11.6. The summed E-state index contributed by atoms with van der Waals surface area (Å²) in [5.41, 5.74) is 1.49. The van der Waals surface area contributed by atoms with Crippen molar-refractivity contribution in [3.05, 3.63) is 53.6 Å². The minimum absolute atomic E-state index is 0.0196. The molecule has 0 amide bonds. The first kappa shape index (κ1) is 21.8. The number of hydrogen-bond donors (Lipinski definition) is 2. The van der Waals surface area contributed by atoms with Crippen molar-refractivity contribution in [3.63, 3.8) is 0 Å². The quantitative estimate of drug-likeness (QED) is 0.449. The summed E-state index contributed by atoms with van der Waals surface area (Å²) in [4.78, 5) is 22.6. The summed E-state index contributed by atoms with van der Waals surface area (Å²) in [6, 6.07) is 11.1. The molecule has 0 aliphatic heterocycles. The summed E-state index contributed by atoms with van der Waals surface area (Å²) < 4.78 is 9.58. The maximum atomic E-state index is 11.6. The Hall–Kier alpha value is -3.28. The highest BCUT2D eigenvalue weighted by atomic mass is 16.5. The van der Waals surface area contributed by atoms with Crippen molar-refractivity contribution in [1.82, 2.24) is 0 Å². The standard InChI is InChI=1S/C19H18O6.C2H6/c1-24-18(22)8-9-19(23)25-17-6-4-13(5-7-17)2-3-14-10-15(20)12-16(21)11-14;1-2/h2-7,10-12,20-21H,8-9H2,1H3;1-2H3/b3-2+;. The predicted octanol–water partition coefficient (Wildman–Crippen LogP) is 4.15. The minimum Gasteiger partial charge on any atom is -0.508 e. The van der Waals surface area contributed by atoms with Gasteiger partial charge < -0.3 is 19.7 Å². The minimum atomic E-state index is -0.510. The van der Waals surface area contributed by atoms with Crippen LogP contribution in [0.1, 0.15) is 37.8 Å². The molecule has 2 N–H and O–H groups in total. The smallest absolute Gasteiger partial charge is 0.311 e. The number of ether oxygens (including phenoxy) is 2. The molecule has 0 saturated carbocycles. The van der Waals surface area contributed by atoms with Crippen LogP contribution >= 0.6 is 0 Å². The second kappa shape index (κ2) is 11.4. The van der Waals surface area contributed by atoms with Gasteiger partial charge >= 0.3 is 11.9 Å². The maximum Gasteiger partial charge on any atom is 0.311 e. The second-order valence-electron chi connectivity index (χ2n) is 5.24. The molecule has 27 heavy (non-hydrogen) atoms. The van der Waals surface area contributed by atoms with Crippen molar-refractivity contribution in [2.75, 3.05) is 7.11 Å². The van der Waals surface area contributed by atoms with Crippen LogP contribution in [0.2, 0.25) is 0 Å². The van der Waals surface area contributed by atoms with Gasteiger partial charge in [0.05, 0.1) is 20.0 Å². The van der Waals surface area contributed by atoms with Crippen molar-refractivity contribution in [3.8, 4) is 17.2 Å². The molecule has 2 aromatic rings. The van der Waals surface area contributed by atoms with E-state index >= 15 is 0 Å². The van der Waals surface area contributed by atoms with Gasteiger partial charge in [0.25, 0.3) is 0 Å². The Bertz CT molecular complexity index is 758. The molecule has 0 aliphatic carbocycles. The van der Waals surface area contributed by atoms with E-state index in [0.29, 0.717) is 11.3 Å². The molecular weight excluding hydrogens is 348 g/mol. The fourth-order valence-corrected chi connectivity index (χ4v) is 2.04. The Morgan fingerprint density at radius 1 is 0.852 bits per heavy atom. The van der Waals surface area contributed by atoms with Crippen LogP contribution in [0.5, 0.6) is 17.2 Å². The Labute approximate surface area is 158 Å². The lowest BCUT2D eigenvalue weighted by atomic mass is 10.1. The molecule has 0 spiro atoms. The van der Waals surface area contributed by atoms with Crippen LogP contribution in [0.3, 0.4) is 0 Å². The van der Waals surface area contributed by atoms with Gasteiger partial charge in [0, 0.05) is 6.07 Å². The Morgan fingerprint density at radius 2 is 1.37 bits per heavy atom. The highest BCUT2D eigenvalue weighted by Crippen LogP contribution is 2.22. The van der Waals surface area contributed by atoms with Crippen LogP contribution in [0.25, 0.3) is 12.2 Å². The first-order valence-corrected chi connectivity index (χ1v) is 8.55. The first-order valence-electron chi connectivity index (χ1n) is 8.55. The van der Waals surface area contributed by atoms with E-state index in [2.05, 4.69) is 4.74 Å². The van der Waals surface area contributed by atoms with E-state index in [1.807, 2.05) is 13.8 Å². The van der Waals surface area contributed by atoms with Gasteiger partial charge in [-0.25, -0.2) is 0 Å². The van der Waals surface area contributed by atoms with Crippen LogP contribution in [-0.2, 0) is 14.3 Å². The number of phenolic OH excluding ortho intramolecular Hbond substituents is 2. The van der Waals surface area contributed by atoms with E-state index in [9.17, 15) is 19.8 Å². The topological polar surface area (TPSA) is 93.1 Å². The number of carbonyl (C=O) groups excluding carboxylic acids is 2. The van der Waals surface area contributed by atoms with E-state index in [1.54, 1.807) is 36.4 Å². The molecule has 0 fully saturated rings. The lowest BCUT2D eigenvalue weighted by molar-refractivity contribution is -0.144. The van der Waals surface area contributed by atoms with Crippen LogP contribution < -0.4 is 4.74 Å². The molecule has 2 aromatic carbocycles. The zero-order valence-electron chi connectivity index (χ0n) is 15.6. The largest absolute Gasteiger partial charge is 0.508 e. The Balaban J connectivity index is 0.00000176. The molecule has 0 bridgehead atoms. The Morgan fingerprint density at radius 3 is 1.93 bits per heavy atom. The third-order valence-corrected chi connectivity index (χ3v) is 3.27. The fourth-order valence-electron chi connectivity index (χ4n) is 2.04. The van der Waals surface area contributed by atoms with Gasteiger partial charge in [-0.15, -0.1) is 0 Å². The Kier molecular flexibility index (Phi) is 9.15. The van der Waals surface area contributed by atoms with E-state index in [4.69, 9.17) is 4.74 Å². The molecule has 0 radical (unpaired) electrons. The summed E-state index contributed by atoms with van der Waals surface area (Å²) in [7, 11) is 1.26. The SMILES string of the molecule is CC.COC(=O)CCC(=O)Oc1ccc(/C=C/c2cc(O)cc(O)c2)cc1. The molecular formula is C21H24O6. The van der Waals surface area contributed by atoms with E-state index in [1.165, 1.54) is 25.3 Å². The molecule has 0 saturated heterocycles. The van der Waals surface area contributed by atoms with Crippen LogP contribution in [0, 0.1) is 0 Å². The van der Waals surface area contributed by atoms with Crippen molar-refractivity contribution >= 4 is 24.1 Å². The van der Waals surface area contributed by atoms with Crippen molar-refractivity contribution in [1.29, 1.82) is 0 Å². The zero-order chi connectivity index (χ0) is 20.2. The second-order valence-corrected chi connectivity index (χ2v) is 5.24. The number of phenols is 2. The van der Waals surface area contributed by atoms with Crippen molar-refractivity contribution in [2.24, 2.45) is 0 Å². The predicted molar refractivity (Wildman–Crippen MR) is 103 cm³/mol. The summed E-state index contributed by atoms with van der Waals surface area (Å²) in [5, 5.41) is 18.9. The molecule has 0 aliphatic rings. The average molecular weight is 372 g/mol. The first-order chi connectivity index (χ1) is 13.0. The van der Waals surface area contributed by atoms with Crippen molar-refractivity contribution in [2.45, 2.75) is 26.7 Å². The number of hydrogen-bond acceptors (Lipinski definition) is 6. The van der Waals surface area contributed by atoms with Crippen LogP contribution in [0.15, 0.2) is 42.5 Å². The third kappa shape index (κ3) is 8.09. The summed E-state index contributed by atoms with van der Waals surface area (Å²) in [6.07, 6.45) is 3.45. The summed E-state index contributed by atoms with van der Waals surface area (Å²) in [6.45, 7) is 4.00. The van der Waals surface area contributed by atoms with Gasteiger partial charge in [0.1, 0.15) is 17.2 Å². The molecule has 0 heterocycles. The number of rotatable bonds is 6. The lowest BCUT2D eigenvalue weighted by Crippen LogP contribution is -2.11. The third-order valence-electron chi connectivity index (χ3n) is 3.27. The summed E-state index contributed by atoms with van der Waals surface area (Å²) in [5.74, 6) is -0.635. The number of methoxy groups -OCH3 is 1.